The van der Waals surface area contributed by atoms with Crippen molar-refractivity contribution < 1.29 is 0 Å². The SMILES string of the molecule is NCC1=CC=CC(=Cc2ccc[se]2)C1. The van der Waals surface area contributed by atoms with Crippen molar-refractivity contribution in [2.24, 2.45) is 5.73 Å². The van der Waals surface area contributed by atoms with Crippen LogP contribution in [0.5, 0.6) is 0 Å². The first-order valence-electron chi connectivity index (χ1n) is 4.69. The minimum absolute atomic E-state index is 0.547. The van der Waals surface area contributed by atoms with Gasteiger partial charge in [0.1, 0.15) is 0 Å². The molecule has 0 atom stereocenters. The van der Waals surface area contributed by atoms with Crippen molar-refractivity contribution in [2.75, 3.05) is 6.54 Å². The van der Waals surface area contributed by atoms with Gasteiger partial charge >= 0.3 is 90.2 Å². The molecule has 14 heavy (non-hydrogen) atoms. The van der Waals surface area contributed by atoms with Crippen LogP contribution >= 0.6 is 0 Å². The van der Waals surface area contributed by atoms with Crippen molar-refractivity contribution >= 4 is 20.6 Å². The first-order chi connectivity index (χ1) is 6.88. The summed E-state index contributed by atoms with van der Waals surface area (Å²) in [4.78, 5) is 2.24. The molecule has 1 heterocycles. The Balaban J connectivity index is 2.15. The third-order valence-corrected chi connectivity index (χ3v) is 3.93. The normalized spacial score (nSPS) is 18.6. The molecular weight excluding hydrogens is 237 g/mol. The van der Waals surface area contributed by atoms with Gasteiger partial charge < -0.3 is 0 Å². The second-order valence-electron chi connectivity index (χ2n) is 3.30. The van der Waals surface area contributed by atoms with Crippen LogP contribution in [0.3, 0.4) is 0 Å². The summed E-state index contributed by atoms with van der Waals surface area (Å²) < 4.78 is 1.45. The monoisotopic (exact) mass is 251 g/mol. The molecule has 2 rings (SSSR count). The van der Waals surface area contributed by atoms with E-state index in [1.54, 1.807) is 0 Å². The zero-order valence-electron chi connectivity index (χ0n) is 7.94. The number of rotatable bonds is 2. The predicted octanol–water partition coefficient (Wildman–Crippen LogP) is 1.97. The van der Waals surface area contributed by atoms with Crippen molar-refractivity contribution in [3.8, 4) is 0 Å². The van der Waals surface area contributed by atoms with Gasteiger partial charge in [0.05, 0.1) is 0 Å². The molecule has 1 aliphatic rings. The van der Waals surface area contributed by atoms with Crippen molar-refractivity contribution in [2.45, 2.75) is 6.42 Å². The summed E-state index contributed by atoms with van der Waals surface area (Å²) in [5.74, 6) is 0. The molecule has 1 aromatic heterocycles. The van der Waals surface area contributed by atoms with Gasteiger partial charge in [-0.1, -0.05) is 0 Å². The molecule has 0 fully saturated rings. The zero-order chi connectivity index (χ0) is 9.80. The van der Waals surface area contributed by atoms with Gasteiger partial charge in [-0.15, -0.1) is 0 Å². The third-order valence-electron chi connectivity index (χ3n) is 2.21. The average Bonchev–Trinajstić information content (AvgIpc) is 2.71. The Morgan fingerprint density at radius 3 is 3.14 bits per heavy atom. The molecule has 0 aromatic carbocycles. The van der Waals surface area contributed by atoms with E-state index in [1.807, 2.05) is 0 Å². The van der Waals surface area contributed by atoms with Gasteiger partial charge in [-0.25, -0.2) is 0 Å². The first kappa shape index (κ1) is 9.72. The maximum atomic E-state index is 5.62. The molecule has 0 amide bonds. The van der Waals surface area contributed by atoms with E-state index < -0.39 is 0 Å². The molecule has 0 bridgehead atoms. The van der Waals surface area contributed by atoms with Crippen LogP contribution in [0.25, 0.3) is 6.08 Å². The number of hydrogen-bond acceptors (Lipinski definition) is 1. The van der Waals surface area contributed by atoms with Crippen molar-refractivity contribution in [1.82, 2.24) is 0 Å². The standard InChI is InChI=1S/C12H13NSe/c13-9-11-4-1-3-10(7-11)8-12-5-2-6-14-12/h1-6,8H,7,9,13H2. The zero-order valence-corrected chi connectivity index (χ0v) is 9.65. The molecule has 2 heteroatoms. The van der Waals surface area contributed by atoms with Crippen molar-refractivity contribution in [1.29, 1.82) is 0 Å². The molecule has 0 saturated carbocycles. The van der Waals surface area contributed by atoms with Gasteiger partial charge in [-0.3, -0.25) is 0 Å². The fourth-order valence-corrected chi connectivity index (χ4v) is 2.93. The van der Waals surface area contributed by atoms with Crippen LogP contribution in [0, 0.1) is 0 Å². The van der Waals surface area contributed by atoms with Crippen LogP contribution < -0.4 is 5.73 Å². The van der Waals surface area contributed by atoms with E-state index in [9.17, 15) is 0 Å². The Morgan fingerprint density at radius 2 is 2.43 bits per heavy atom. The number of allylic oxidation sites excluding steroid dienone is 4. The summed E-state index contributed by atoms with van der Waals surface area (Å²) >= 11 is 0.547. The van der Waals surface area contributed by atoms with Gasteiger partial charge in [0, 0.05) is 0 Å². The van der Waals surface area contributed by atoms with Gasteiger partial charge in [-0.05, 0) is 0 Å². The van der Waals surface area contributed by atoms with E-state index in [0.29, 0.717) is 21.0 Å². The fourth-order valence-electron chi connectivity index (χ4n) is 1.48. The van der Waals surface area contributed by atoms with Crippen LogP contribution in [-0.2, 0) is 0 Å². The molecule has 1 aromatic rings. The summed E-state index contributed by atoms with van der Waals surface area (Å²) in [7, 11) is 0. The second kappa shape index (κ2) is 4.61. The molecule has 1 nitrogen and oxygen atoms in total. The van der Waals surface area contributed by atoms with E-state index in [4.69, 9.17) is 5.73 Å². The second-order valence-corrected chi connectivity index (χ2v) is 5.35. The van der Waals surface area contributed by atoms with E-state index in [1.165, 1.54) is 15.6 Å². The minimum atomic E-state index is 0.547. The Labute approximate surface area is 90.4 Å². The molecule has 2 N–H and O–H groups in total. The molecule has 0 radical (unpaired) electrons. The van der Waals surface area contributed by atoms with Crippen LogP contribution in [-0.4, -0.2) is 21.0 Å². The van der Waals surface area contributed by atoms with Crippen molar-refractivity contribution in [3.63, 3.8) is 0 Å². The van der Waals surface area contributed by atoms with E-state index in [0.717, 1.165) is 6.42 Å². The van der Waals surface area contributed by atoms with Crippen LogP contribution in [0.1, 0.15) is 10.9 Å². The summed E-state index contributed by atoms with van der Waals surface area (Å²) in [6.07, 6.45) is 9.69. The van der Waals surface area contributed by atoms with Gasteiger partial charge in [0.25, 0.3) is 0 Å². The Bertz CT molecular complexity index is 382. The maximum absolute atomic E-state index is 5.62. The summed E-state index contributed by atoms with van der Waals surface area (Å²) in [5.41, 5.74) is 8.32. The van der Waals surface area contributed by atoms with Crippen molar-refractivity contribution in [3.05, 3.63) is 50.9 Å². The van der Waals surface area contributed by atoms with Crippen LogP contribution in [0.15, 0.2) is 46.4 Å². The van der Waals surface area contributed by atoms with Crippen LogP contribution in [0.4, 0.5) is 0 Å². The first-order valence-corrected chi connectivity index (χ1v) is 6.53. The summed E-state index contributed by atoms with van der Waals surface area (Å²) in [6.45, 7) is 0.671. The van der Waals surface area contributed by atoms with E-state index >= 15 is 0 Å². The fraction of sp³-hybridized carbons (Fsp3) is 0.167. The molecule has 0 unspecified atom stereocenters. The predicted molar refractivity (Wildman–Crippen MR) is 62.3 cm³/mol. The van der Waals surface area contributed by atoms with E-state index in [2.05, 4.69) is 41.4 Å². The van der Waals surface area contributed by atoms with E-state index in [-0.39, 0.29) is 0 Å². The molecule has 1 aliphatic carbocycles. The van der Waals surface area contributed by atoms with Gasteiger partial charge in [0.2, 0.25) is 0 Å². The van der Waals surface area contributed by atoms with Gasteiger partial charge in [0.15, 0.2) is 0 Å². The Kier molecular flexibility index (Phi) is 3.20. The molecule has 0 aliphatic heterocycles. The number of nitrogens with two attached hydrogens (primary N) is 1. The average molecular weight is 250 g/mol. The Morgan fingerprint density at radius 1 is 1.50 bits per heavy atom. The third kappa shape index (κ3) is 2.35. The topological polar surface area (TPSA) is 26.0 Å². The van der Waals surface area contributed by atoms with Crippen LogP contribution in [0.2, 0.25) is 0 Å². The quantitative estimate of drug-likeness (QED) is 0.798. The molecular formula is C12H13NSe. The summed E-state index contributed by atoms with van der Waals surface area (Å²) in [6, 6.07) is 4.33. The molecule has 0 spiro atoms. The number of hydrogen-bond donors (Lipinski definition) is 1. The van der Waals surface area contributed by atoms with Gasteiger partial charge in [-0.2, -0.15) is 0 Å². The Hall–Kier alpha value is -0.821. The summed E-state index contributed by atoms with van der Waals surface area (Å²) in [5, 5.41) is 0. The molecule has 0 saturated heterocycles. The molecule has 72 valence electrons.